The highest BCUT2D eigenvalue weighted by Gasteiger charge is 2.08. The number of anilines is 2. The van der Waals surface area contributed by atoms with Gasteiger partial charge in [-0.25, -0.2) is 4.79 Å². The molecule has 1 aromatic carbocycles. The molecule has 6 nitrogen and oxygen atoms in total. The van der Waals surface area contributed by atoms with Gasteiger partial charge in [-0.2, -0.15) is 0 Å². The number of benzene rings is 1. The predicted octanol–water partition coefficient (Wildman–Crippen LogP) is 0.558. The van der Waals surface area contributed by atoms with E-state index in [4.69, 9.17) is 26.5 Å². The number of carboxylic acids is 1. The Balaban J connectivity index is 0.000000583. The maximum Gasteiger partial charge on any atom is 0.337 e. The normalized spacial score (nSPS) is 8.60. The van der Waals surface area contributed by atoms with Crippen molar-refractivity contribution in [3.8, 4) is 0 Å². The molecule has 6 N–H and O–H groups in total. The molecule has 15 heavy (non-hydrogen) atoms. The van der Waals surface area contributed by atoms with Crippen LogP contribution < -0.4 is 11.5 Å². The van der Waals surface area contributed by atoms with E-state index in [0.29, 0.717) is 5.69 Å². The lowest BCUT2D eigenvalue weighted by atomic mass is 10.1. The molecule has 0 atom stereocenters. The molecule has 0 spiro atoms. The van der Waals surface area contributed by atoms with Gasteiger partial charge in [-0.15, -0.1) is 0 Å². The van der Waals surface area contributed by atoms with Crippen LogP contribution in [0.3, 0.4) is 0 Å². The summed E-state index contributed by atoms with van der Waals surface area (Å²) < 4.78 is 0. The van der Waals surface area contributed by atoms with E-state index < -0.39 is 5.97 Å². The van der Waals surface area contributed by atoms with Crippen LogP contribution in [0.25, 0.3) is 0 Å². The van der Waals surface area contributed by atoms with Crippen molar-refractivity contribution in [1.82, 2.24) is 0 Å². The van der Waals surface area contributed by atoms with Gasteiger partial charge in [0.25, 0.3) is 6.47 Å². The summed E-state index contributed by atoms with van der Waals surface area (Å²) >= 11 is 0. The molecule has 0 radical (unpaired) electrons. The molecular weight excluding hydrogens is 200 g/mol. The Morgan fingerprint density at radius 3 is 2.20 bits per heavy atom. The zero-order chi connectivity index (χ0) is 12.0. The van der Waals surface area contributed by atoms with Crippen molar-refractivity contribution < 1.29 is 19.8 Å². The molecule has 0 saturated heterocycles. The summed E-state index contributed by atoms with van der Waals surface area (Å²) in [5.41, 5.74) is 12.5. The molecule has 0 aliphatic heterocycles. The molecule has 0 aliphatic rings. The molecule has 0 aliphatic carbocycles. The smallest absolute Gasteiger partial charge is 0.337 e. The van der Waals surface area contributed by atoms with Crippen molar-refractivity contribution in [1.29, 1.82) is 0 Å². The molecule has 0 heterocycles. The number of aromatic carboxylic acids is 1. The van der Waals surface area contributed by atoms with Gasteiger partial charge in [-0.05, 0) is 24.6 Å². The van der Waals surface area contributed by atoms with Gasteiger partial charge >= 0.3 is 5.97 Å². The molecule has 1 aromatic rings. The first-order chi connectivity index (χ1) is 6.93. The van der Waals surface area contributed by atoms with Crippen LogP contribution >= 0.6 is 0 Å². The van der Waals surface area contributed by atoms with Crippen molar-refractivity contribution in [2.45, 2.75) is 6.92 Å². The lowest BCUT2D eigenvalue weighted by Gasteiger charge is -2.04. The standard InChI is InChI=1S/C8H10N2O2.CH2O2/c1-4-2-7(10)5(8(11)12)3-6(4)9;2-1-3/h2-3H,9-10H2,1H3,(H,11,12);1H,(H,2,3). The molecular formula is C9H12N2O4. The fourth-order valence-corrected chi connectivity index (χ4v) is 0.932. The first kappa shape index (κ1) is 12.8. The lowest BCUT2D eigenvalue weighted by molar-refractivity contribution is -0.122. The summed E-state index contributed by atoms with van der Waals surface area (Å²) in [5, 5.41) is 15.5. The van der Waals surface area contributed by atoms with E-state index in [1.54, 1.807) is 13.0 Å². The number of aryl methyl sites for hydroxylation is 1. The van der Waals surface area contributed by atoms with Crippen molar-refractivity contribution in [2.24, 2.45) is 0 Å². The topological polar surface area (TPSA) is 127 Å². The van der Waals surface area contributed by atoms with E-state index >= 15 is 0 Å². The largest absolute Gasteiger partial charge is 0.483 e. The van der Waals surface area contributed by atoms with E-state index in [1.807, 2.05) is 0 Å². The van der Waals surface area contributed by atoms with Gasteiger partial charge in [-0.1, -0.05) is 0 Å². The van der Waals surface area contributed by atoms with Crippen molar-refractivity contribution in [3.63, 3.8) is 0 Å². The Morgan fingerprint density at radius 1 is 1.33 bits per heavy atom. The minimum absolute atomic E-state index is 0.0538. The molecule has 0 fully saturated rings. The van der Waals surface area contributed by atoms with Gasteiger partial charge in [0.15, 0.2) is 0 Å². The third-order valence-corrected chi connectivity index (χ3v) is 1.67. The summed E-state index contributed by atoms with van der Waals surface area (Å²) in [6.45, 7) is 1.53. The highest BCUT2D eigenvalue weighted by molar-refractivity contribution is 5.95. The van der Waals surface area contributed by atoms with Crippen molar-refractivity contribution >= 4 is 23.8 Å². The minimum atomic E-state index is -1.06. The number of carbonyl (C=O) groups is 2. The Labute approximate surface area is 86.1 Å². The van der Waals surface area contributed by atoms with Crippen LogP contribution in [-0.2, 0) is 4.79 Å². The van der Waals surface area contributed by atoms with Crippen molar-refractivity contribution in [2.75, 3.05) is 11.5 Å². The molecule has 6 heteroatoms. The molecule has 0 saturated carbocycles. The van der Waals surface area contributed by atoms with Gasteiger partial charge in [0.05, 0.1) is 5.56 Å². The van der Waals surface area contributed by atoms with Crippen LogP contribution in [-0.4, -0.2) is 22.7 Å². The van der Waals surface area contributed by atoms with Crippen LogP contribution in [0.5, 0.6) is 0 Å². The van der Waals surface area contributed by atoms with Crippen LogP contribution in [0.1, 0.15) is 15.9 Å². The van der Waals surface area contributed by atoms with Gasteiger partial charge in [0.1, 0.15) is 0 Å². The highest BCUT2D eigenvalue weighted by Crippen LogP contribution is 2.19. The van der Waals surface area contributed by atoms with Crippen LogP contribution in [0.2, 0.25) is 0 Å². The molecule has 0 bridgehead atoms. The monoisotopic (exact) mass is 212 g/mol. The summed E-state index contributed by atoms with van der Waals surface area (Å²) in [5.74, 6) is -1.06. The Hall–Kier alpha value is -2.24. The van der Waals surface area contributed by atoms with Crippen molar-refractivity contribution in [3.05, 3.63) is 23.3 Å². The van der Waals surface area contributed by atoms with Gasteiger partial charge in [0, 0.05) is 11.4 Å². The van der Waals surface area contributed by atoms with E-state index in [1.165, 1.54) is 6.07 Å². The van der Waals surface area contributed by atoms with Crippen LogP contribution in [0, 0.1) is 6.92 Å². The fourth-order valence-electron chi connectivity index (χ4n) is 0.932. The fraction of sp³-hybridized carbons (Fsp3) is 0.111. The minimum Gasteiger partial charge on any atom is -0.483 e. The zero-order valence-electron chi connectivity index (χ0n) is 8.10. The second kappa shape index (κ2) is 5.48. The molecule has 0 amide bonds. The third-order valence-electron chi connectivity index (χ3n) is 1.67. The first-order valence-electron chi connectivity index (χ1n) is 3.90. The second-order valence-electron chi connectivity index (χ2n) is 2.71. The molecule has 0 unspecified atom stereocenters. The quantitative estimate of drug-likeness (QED) is 0.398. The summed E-state index contributed by atoms with van der Waals surface area (Å²) in [6.07, 6.45) is 0. The number of rotatable bonds is 1. The maximum absolute atomic E-state index is 10.5. The van der Waals surface area contributed by atoms with E-state index in [-0.39, 0.29) is 17.7 Å². The van der Waals surface area contributed by atoms with Gasteiger partial charge in [-0.3, -0.25) is 4.79 Å². The van der Waals surface area contributed by atoms with Crippen LogP contribution in [0.15, 0.2) is 12.1 Å². The van der Waals surface area contributed by atoms with E-state index in [0.717, 1.165) is 5.56 Å². The number of nitrogens with two attached hydrogens (primary N) is 2. The zero-order valence-corrected chi connectivity index (χ0v) is 8.10. The SMILES string of the molecule is Cc1cc(N)c(C(=O)O)cc1N.O=CO. The number of nitrogen functional groups attached to an aromatic ring is 2. The summed E-state index contributed by atoms with van der Waals surface area (Å²) in [4.78, 5) is 18.9. The number of hydrogen-bond donors (Lipinski definition) is 4. The predicted molar refractivity (Wildman–Crippen MR) is 55.7 cm³/mol. The molecule has 1 rings (SSSR count). The Kier molecular flexibility index (Phi) is 4.66. The molecule has 82 valence electrons. The third kappa shape index (κ3) is 3.55. The van der Waals surface area contributed by atoms with E-state index in [2.05, 4.69) is 0 Å². The second-order valence-corrected chi connectivity index (χ2v) is 2.71. The highest BCUT2D eigenvalue weighted by atomic mass is 16.4. The Bertz CT molecular complexity index is 377. The Morgan fingerprint density at radius 2 is 1.80 bits per heavy atom. The van der Waals surface area contributed by atoms with E-state index in [9.17, 15) is 4.79 Å². The van der Waals surface area contributed by atoms with Crippen LogP contribution in [0.4, 0.5) is 11.4 Å². The number of carboxylic acid groups (broad SMARTS) is 2. The lowest BCUT2D eigenvalue weighted by Crippen LogP contribution is -2.04. The number of hydrogen-bond acceptors (Lipinski definition) is 4. The van der Waals surface area contributed by atoms with Gasteiger partial charge < -0.3 is 21.7 Å². The van der Waals surface area contributed by atoms with Gasteiger partial charge in [0.2, 0.25) is 0 Å². The average Bonchev–Trinajstić information content (AvgIpc) is 2.12. The maximum atomic E-state index is 10.5. The summed E-state index contributed by atoms with van der Waals surface area (Å²) in [6, 6.07) is 2.92. The average molecular weight is 212 g/mol. The summed E-state index contributed by atoms with van der Waals surface area (Å²) in [7, 11) is 0. The molecule has 0 aromatic heterocycles. The first-order valence-corrected chi connectivity index (χ1v) is 3.90.